The zero-order chi connectivity index (χ0) is 91.0. The minimum absolute atomic E-state index is 0.0291. The second kappa shape index (κ2) is 37.4. The van der Waals surface area contributed by atoms with Crippen LogP contribution >= 0.6 is 34.8 Å². The number of anilines is 8. The van der Waals surface area contributed by atoms with E-state index in [-0.39, 0.29) is 77.6 Å². The first-order valence-electron chi connectivity index (χ1n) is 43.7. The molecule has 32 nitrogen and oxygen atoms in total. The van der Waals surface area contributed by atoms with Gasteiger partial charge in [-0.25, -0.2) is 63.4 Å². The first-order chi connectivity index (χ1) is 61.9. The topological polar surface area (TPSA) is 317 Å². The third-order valence-electron chi connectivity index (χ3n) is 24.7. The van der Waals surface area contributed by atoms with E-state index in [4.69, 9.17) is 39.8 Å². The summed E-state index contributed by atoms with van der Waals surface area (Å²) in [5, 5.41) is 15.3. The van der Waals surface area contributed by atoms with Crippen LogP contribution in [0.25, 0.3) is 22.7 Å². The zero-order valence-corrected chi connectivity index (χ0v) is 77.0. The number of urea groups is 4. The largest absolute Gasteiger partial charge is 0.346 e. The average Bonchev–Trinajstić information content (AvgIpc) is 1.59. The van der Waals surface area contributed by atoms with Gasteiger partial charge in [0.2, 0.25) is 23.8 Å². The van der Waals surface area contributed by atoms with Gasteiger partial charge in [-0.3, -0.25) is 19.6 Å². The van der Waals surface area contributed by atoms with Gasteiger partial charge in [0.1, 0.15) is 29.1 Å². The van der Waals surface area contributed by atoms with Crippen molar-refractivity contribution in [2.24, 2.45) is 23.7 Å². The molecule has 3 aliphatic carbocycles. The number of para-hydroxylation sites is 1. The van der Waals surface area contributed by atoms with Gasteiger partial charge in [-0.2, -0.15) is 19.9 Å². The number of amides is 8. The van der Waals surface area contributed by atoms with Crippen molar-refractivity contribution in [3.05, 3.63) is 239 Å². The molecular weight excluding hydrogens is 1700 g/mol. The van der Waals surface area contributed by atoms with Gasteiger partial charge in [0.15, 0.2) is 0 Å². The lowest BCUT2D eigenvalue weighted by Crippen LogP contribution is -2.38. The molecule has 129 heavy (non-hydrogen) atoms. The monoisotopic (exact) mass is 1800 g/mol. The van der Waals surface area contributed by atoms with E-state index in [1.807, 2.05) is 118 Å². The van der Waals surface area contributed by atoms with E-state index in [9.17, 15) is 23.6 Å². The Hall–Kier alpha value is -12.9. The van der Waals surface area contributed by atoms with Crippen LogP contribution in [0.4, 0.5) is 70.6 Å². The Kier molecular flexibility index (Phi) is 26.0. The summed E-state index contributed by atoms with van der Waals surface area (Å²) in [5.74, 6) is 5.86. The molecule has 0 bridgehead atoms. The Morgan fingerprint density at radius 1 is 0.388 bits per heavy atom. The Morgan fingerprint density at radius 2 is 0.760 bits per heavy atom. The lowest BCUT2D eigenvalue weighted by atomic mass is 10.0. The molecule has 4 N–H and O–H groups in total. The van der Waals surface area contributed by atoms with E-state index in [2.05, 4.69) is 160 Å². The number of nitrogens with one attached hydrogen (secondary N) is 4. The number of hydrogen-bond acceptors (Lipinski definition) is 20. The third kappa shape index (κ3) is 19.6. The lowest BCUT2D eigenvalue weighted by molar-refractivity contribution is 0.228. The Balaban J connectivity index is 0.000000126. The summed E-state index contributed by atoms with van der Waals surface area (Å²) >= 11 is 18.5. The van der Waals surface area contributed by atoms with E-state index < -0.39 is 5.54 Å². The number of aromatic nitrogens is 16. The molecule has 3 saturated carbocycles. The molecule has 36 heteroatoms. The molecule has 6 atom stereocenters. The first-order valence-corrected chi connectivity index (χ1v) is 44.8. The SMILES string of the molecule is CC(C)[C@H]1CN(C)C(=O)N1c1ccnc(NC2(c3cn(-c4cc(Cl)ccc4F)cn3)CC2)n1.CC(C)[C@H]1CN(C)C(=O)N1c1ccnc(NC2(c3cn(-c4ccccc4Cl)cn3)CC2)n1.CC(C)[C@H]1CN(C)C(=O)N1c1ccnc(N[C@@H](C)c2cn(-c3cccc(C4CC4)c3)cn2)n1.CC(C)[C@H]1CN(C)C(=O)N1c1ccnc(N[C@@H](C)c2cn(-c3cccc(Cl)c3)cn2)n1. The molecule has 0 unspecified atom stereocenters. The number of rotatable bonds is 25. The maximum absolute atomic E-state index is 14.3. The lowest BCUT2D eigenvalue weighted by Gasteiger charge is -2.25. The van der Waals surface area contributed by atoms with Crippen molar-refractivity contribution >= 4 is 106 Å². The standard InChI is InChI=1S/C25H31N7O.C23H25ClFN7O.C23H26ClN7O.C22H26ClN7O/c1-16(2)22-14-30(4)25(33)32(22)23-10-11-26-24(29-23)28-17(3)21-13-31(15-27-21)20-7-5-6-19(12-20)18-8-9-18;1-14(2)18-11-30(3)22(33)32(18)20-6-9-26-21(28-20)29-23(7-8-23)19-12-31(13-27-19)17-10-15(24)4-5-16(17)25;1-15(2)18-12-29(3)22(32)31(18)20-8-11-25-21(27-20)28-23(9-10-23)19-13-30(14-26-19)17-7-5-4-6-16(17)24;1-14(2)19-12-28(4)22(31)30(19)20-8-9-24-21(27-20)26-15(3)18-11-29(13-25-18)17-7-5-6-16(23)10-17/h5-7,10-13,15-18,22H,8-9,14H2,1-4H3,(H,26,28,29);4-6,9-10,12-14,18H,7-8,11H2,1-3H3,(H,26,28,29);4-8,11,13-15,18H,9-10,12H2,1-3H3,(H,25,27,28);5-11,13-15,19H,12H2,1-4H3,(H,24,26,27)/t17-,22+;2*18-;15-,19+/m0110/s1. The van der Waals surface area contributed by atoms with Crippen molar-refractivity contribution in [3.63, 3.8) is 0 Å². The third-order valence-corrected chi connectivity index (χ3v) is 25.5. The van der Waals surface area contributed by atoms with Gasteiger partial charge in [-0.15, -0.1) is 0 Å². The highest BCUT2D eigenvalue weighted by Gasteiger charge is 2.50. The summed E-state index contributed by atoms with van der Waals surface area (Å²) in [6.07, 6.45) is 27.6. The van der Waals surface area contributed by atoms with Crippen molar-refractivity contribution in [3.8, 4) is 22.7 Å². The van der Waals surface area contributed by atoms with Gasteiger partial charge in [-0.05, 0) is 172 Å². The van der Waals surface area contributed by atoms with Crippen molar-refractivity contribution in [1.29, 1.82) is 0 Å². The summed E-state index contributed by atoms with van der Waals surface area (Å²) in [6.45, 7) is 23.7. The summed E-state index contributed by atoms with van der Waals surface area (Å²) < 4.78 is 21.8. The first kappa shape index (κ1) is 89.5. The molecule has 12 aromatic rings. The Bertz CT molecular complexity index is 6050. The Morgan fingerprint density at radius 3 is 1.16 bits per heavy atom. The fraction of sp³-hybridized carbons (Fsp3) is 0.398. The van der Waals surface area contributed by atoms with Gasteiger partial charge >= 0.3 is 24.1 Å². The second-order valence-electron chi connectivity index (χ2n) is 35.6. The number of imidazole rings is 4. The number of carbonyl (C=O) groups excluding carboxylic acids is 4. The van der Waals surface area contributed by atoms with Gasteiger partial charge in [0.25, 0.3) is 0 Å². The molecular formula is C93H108Cl3FN28O4. The Labute approximate surface area is 764 Å². The number of halogens is 4. The number of benzene rings is 4. The fourth-order valence-corrected chi connectivity index (χ4v) is 17.2. The summed E-state index contributed by atoms with van der Waals surface area (Å²) in [6, 6.07) is 35.4. The maximum atomic E-state index is 14.3. The molecule has 8 aromatic heterocycles. The van der Waals surface area contributed by atoms with Crippen molar-refractivity contribution < 1.29 is 23.6 Å². The summed E-state index contributed by atoms with van der Waals surface area (Å²) in [4.78, 5) is 119. The highest BCUT2D eigenvalue weighted by atomic mass is 35.5. The van der Waals surface area contributed by atoms with Crippen LogP contribution in [0.15, 0.2) is 190 Å². The fourth-order valence-electron chi connectivity index (χ4n) is 16.6. The van der Waals surface area contributed by atoms with Crippen LogP contribution in [-0.4, -0.2) is 200 Å². The van der Waals surface area contributed by atoms with Crippen LogP contribution < -0.4 is 40.9 Å². The van der Waals surface area contributed by atoms with Crippen LogP contribution in [0.1, 0.15) is 154 Å². The normalized spacial score (nSPS) is 19.0. The molecule has 8 amide bonds. The number of nitrogens with zero attached hydrogens (tertiary/aromatic N) is 24. The minimum atomic E-state index is -0.428. The quantitative estimate of drug-likeness (QED) is 0.0413. The molecule has 7 aliphatic rings. The summed E-state index contributed by atoms with van der Waals surface area (Å²) in [5.41, 5.74) is 7.38. The predicted molar refractivity (Wildman–Crippen MR) is 499 cm³/mol. The molecule has 4 aromatic carbocycles. The molecule has 672 valence electrons. The predicted octanol–water partition coefficient (Wildman–Crippen LogP) is 17.8. The van der Waals surface area contributed by atoms with E-state index in [1.165, 1.54) is 30.5 Å². The van der Waals surface area contributed by atoms with Gasteiger partial charge < -0.3 is 59.1 Å². The van der Waals surface area contributed by atoms with Gasteiger partial charge in [-0.1, -0.05) is 121 Å². The molecule has 4 saturated heterocycles. The zero-order valence-electron chi connectivity index (χ0n) is 74.7. The van der Waals surface area contributed by atoms with Crippen LogP contribution in [0, 0.1) is 29.5 Å². The minimum Gasteiger partial charge on any atom is -0.346 e. The van der Waals surface area contributed by atoms with Crippen molar-refractivity contribution in [1.82, 2.24) is 97.7 Å². The smallest absolute Gasteiger partial charge is 0.325 e. The maximum Gasteiger partial charge on any atom is 0.325 e. The van der Waals surface area contributed by atoms with E-state index >= 15 is 0 Å². The van der Waals surface area contributed by atoms with Crippen LogP contribution in [0.3, 0.4) is 0 Å². The molecule has 7 fully saturated rings. The van der Waals surface area contributed by atoms with Crippen molar-refractivity contribution in [2.45, 2.75) is 161 Å². The van der Waals surface area contributed by atoms with E-state index in [0.29, 0.717) is 112 Å². The molecule has 0 spiro atoms. The van der Waals surface area contributed by atoms with Crippen LogP contribution in [0.5, 0.6) is 0 Å². The number of carbonyl (C=O) groups is 4. The van der Waals surface area contributed by atoms with Gasteiger partial charge in [0.05, 0.1) is 112 Å². The molecule has 0 radical (unpaired) electrons. The van der Waals surface area contributed by atoms with Crippen LogP contribution in [-0.2, 0) is 11.1 Å². The summed E-state index contributed by atoms with van der Waals surface area (Å²) in [7, 11) is 7.27. The molecule has 12 heterocycles. The van der Waals surface area contributed by atoms with E-state index in [1.54, 1.807) is 131 Å². The second-order valence-corrected chi connectivity index (χ2v) is 36.9. The van der Waals surface area contributed by atoms with E-state index in [0.717, 1.165) is 71.4 Å². The highest BCUT2D eigenvalue weighted by molar-refractivity contribution is 6.32. The highest BCUT2D eigenvalue weighted by Crippen LogP contribution is 2.49. The van der Waals surface area contributed by atoms with Gasteiger partial charge in [0, 0.05) is 125 Å². The average molecular weight is 1810 g/mol. The van der Waals surface area contributed by atoms with Crippen LogP contribution in [0.2, 0.25) is 15.1 Å². The van der Waals surface area contributed by atoms with Crippen molar-refractivity contribution in [2.75, 3.05) is 95.2 Å². The molecule has 4 aliphatic heterocycles. The molecule has 19 rings (SSSR count). The number of likely N-dealkylation sites (N-methyl/N-ethyl adjacent to an activating group) is 4. The number of hydrogen-bond donors (Lipinski definition) is 4.